The van der Waals surface area contributed by atoms with Gasteiger partial charge in [0.1, 0.15) is 17.5 Å². The van der Waals surface area contributed by atoms with Crippen LogP contribution in [-0.4, -0.2) is 47.7 Å². The molecule has 1 aromatic heterocycles. The van der Waals surface area contributed by atoms with E-state index in [1.54, 1.807) is 32.4 Å². The normalized spacial score (nSPS) is 43.0. The van der Waals surface area contributed by atoms with Crippen LogP contribution in [0, 0.1) is 28.1 Å². The molecule has 190 valence electrons. The number of ether oxygens (including phenoxy) is 3. The van der Waals surface area contributed by atoms with Gasteiger partial charge in [0.2, 0.25) is 0 Å². The minimum absolute atomic E-state index is 0.00156. The van der Waals surface area contributed by atoms with E-state index in [0.29, 0.717) is 12.8 Å². The quantitative estimate of drug-likeness (QED) is 0.510. The average Bonchev–Trinajstić information content (AvgIpc) is 3.32. The van der Waals surface area contributed by atoms with Crippen molar-refractivity contribution < 1.29 is 38.1 Å². The third-order valence-electron chi connectivity index (χ3n) is 9.96. The fraction of sp³-hybridized carbons (Fsp3) is 0.667. The largest absolute Gasteiger partial charge is 0.472 e. The molecule has 0 amide bonds. The highest BCUT2D eigenvalue weighted by Crippen LogP contribution is 2.71. The van der Waals surface area contributed by atoms with Crippen molar-refractivity contribution >= 4 is 17.7 Å². The highest BCUT2D eigenvalue weighted by atomic mass is 16.6. The van der Waals surface area contributed by atoms with Crippen LogP contribution in [0.2, 0.25) is 0 Å². The van der Waals surface area contributed by atoms with Crippen LogP contribution >= 0.6 is 0 Å². The van der Waals surface area contributed by atoms with Crippen molar-refractivity contribution in [3.8, 4) is 0 Å². The Morgan fingerprint density at radius 1 is 1.26 bits per heavy atom. The molecule has 4 fully saturated rings. The van der Waals surface area contributed by atoms with E-state index in [0.717, 1.165) is 11.1 Å². The predicted molar refractivity (Wildman–Crippen MR) is 123 cm³/mol. The van der Waals surface area contributed by atoms with Gasteiger partial charge in [-0.05, 0) is 30.4 Å². The molecule has 5 rings (SSSR count). The molecule has 35 heavy (non-hydrogen) atoms. The summed E-state index contributed by atoms with van der Waals surface area (Å²) in [6, 6.07) is 1.79. The predicted octanol–water partition coefficient (Wildman–Crippen LogP) is 3.53. The molecule has 2 bridgehead atoms. The maximum Gasteiger partial charge on any atom is 0.335 e. The first-order valence-corrected chi connectivity index (χ1v) is 12.2. The van der Waals surface area contributed by atoms with E-state index in [9.17, 15) is 19.5 Å². The van der Waals surface area contributed by atoms with Crippen molar-refractivity contribution in [1.29, 1.82) is 0 Å². The van der Waals surface area contributed by atoms with Crippen molar-refractivity contribution in [3.05, 3.63) is 36.3 Å². The Labute approximate surface area is 205 Å². The second-order valence-corrected chi connectivity index (χ2v) is 11.7. The zero-order valence-corrected chi connectivity index (χ0v) is 21.0. The highest BCUT2D eigenvalue weighted by molar-refractivity contribution is 5.88. The number of aliphatic hydroxyl groups is 1. The highest BCUT2D eigenvalue weighted by Gasteiger charge is 2.74. The summed E-state index contributed by atoms with van der Waals surface area (Å²) in [5.74, 6) is -2.20. The SMILES string of the molecule is C=C1[C@@H]2CC[C@@]3(C)[C@@H](c4ccoc4)OC(=O)C[C@@]13O[C@H]1CC(=O)C(C)(C)[C@H]([C@@H](O)C(=O)OC)[C@]12C. The molecule has 1 spiro atoms. The zero-order valence-electron chi connectivity index (χ0n) is 21.0. The van der Waals surface area contributed by atoms with Crippen LogP contribution in [0.1, 0.15) is 65.0 Å². The van der Waals surface area contributed by atoms with Crippen LogP contribution < -0.4 is 0 Å². The Bertz CT molecular complexity index is 1090. The van der Waals surface area contributed by atoms with Crippen LogP contribution in [0.5, 0.6) is 0 Å². The maximum absolute atomic E-state index is 13.4. The summed E-state index contributed by atoms with van der Waals surface area (Å²) in [7, 11) is 1.23. The number of furan rings is 1. The van der Waals surface area contributed by atoms with Gasteiger partial charge in [-0.1, -0.05) is 34.3 Å². The molecule has 0 unspecified atom stereocenters. The van der Waals surface area contributed by atoms with E-state index >= 15 is 0 Å². The van der Waals surface area contributed by atoms with E-state index in [2.05, 4.69) is 13.5 Å². The van der Waals surface area contributed by atoms with E-state index in [4.69, 9.17) is 18.6 Å². The van der Waals surface area contributed by atoms with Crippen molar-refractivity contribution in [2.45, 2.75) is 77.3 Å². The number of aliphatic hydroxyl groups excluding tert-OH is 1. The number of Topliss-reactive ketones (excluding diaryl/α,β-unsaturated/α-hetero) is 1. The van der Waals surface area contributed by atoms with E-state index in [-0.39, 0.29) is 24.5 Å². The summed E-state index contributed by atoms with van der Waals surface area (Å²) in [6.45, 7) is 12.1. The number of cyclic esters (lactones) is 1. The van der Waals surface area contributed by atoms with Crippen LogP contribution in [0.25, 0.3) is 0 Å². The van der Waals surface area contributed by atoms with Crippen molar-refractivity contribution in [2.75, 3.05) is 7.11 Å². The lowest BCUT2D eigenvalue weighted by atomic mass is 9.41. The number of hydrogen-bond acceptors (Lipinski definition) is 8. The standard InChI is InChI=1S/C27H34O8/c1-14-16-7-9-25(4)22(15-8-10-33-13-15)34-19(29)12-27(14,25)35-18-11-17(28)24(2,3)21(26(16,18)5)20(30)23(31)32-6/h8,10,13,16,18,20-22,30H,1,7,9,11-12H2,2-6H3/t16-,18-,20+,21-,22+,25-,26-,27+/m0/s1. The summed E-state index contributed by atoms with van der Waals surface area (Å²) in [4.78, 5) is 39.0. The molecule has 1 aromatic rings. The van der Waals surface area contributed by atoms with Crippen LogP contribution in [0.3, 0.4) is 0 Å². The van der Waals surface area contributed by atoms with Gasteiger partial charge in [0.15, 0.2) is 6.10 Å². The lowest BCUT2D eigenvalue weighted by Gasteiger charge is -2.70. The lowest BCUT2D eigenvalue weighted by Crippen LogP contribution is -2.74. The van der Waals surface area contributed by atoms with Gasteiger partial charge < -0.3 is 23.7 Å². The molecule has 3 heterocycles. The fourth-order valence-electron chi connectivity index (χ4n) is 8.08. The first-order chi connectivity index (χ1) is 16.3. The van der Waals surface area contributed by atoms with E-state index in [1.165, 1.54) is 7.11 Å². The minimum Gasteiger partial charge on any atom is -0.472 e. The Hall–Kier alpha value is -2.45. The average molecular weight is 487 g/mol. The smallest absolute Gasteiger partial charge is 0.335 e. The van der Waals surface area contributed by atoms with Crippen molar-refractivity contribution in [1.82, 2.24) is 0 Å². The van der Waals surface area contributed by atoms with Gasteiger partial charge >= 0.3 is 11.9 Å². The van der Waals surface area contributed by atoms with Crippen LogP contribution in [-0.2, 0) is 28.6 Å². The van der Waals surface area contributed by atoms with Gasteiger partial charge in [0.25, 0.3) is 0 Å². The molecule has 2 aliphatic heterocycles. The van der Waals surface area contributed by atoms with Gasteiger partial charge in [0.05, 0.1) is 32.2 Å². The Morgan fingerprint density at radius 2 is 1.97 bits per heavy atom. The van der Waals surface area contributed by atoms with Gasteiger partial charge in [-0.25, -0.2) is 4.79 Å². The topological polar surface area (TPSA) is 112 Å². The molecule has 8 nitrogen and oxygen atoms in total. The van der Waals surface area contributed by atoms with Gasteiger partial charge in [-0.2, -0.15) is 0 Å². The van der Waals surface area contributed by atoms with Gasteiger partial charge in [0, 0.05) is 34.1 Å². The third kappa shape index (κ3) is 2.90. The van der Waals surface area contributed by atoms with Crippen LogP contribution in [0.4, 0.5) is 0 Å². The monoisotopic (exact) mass is 486 g/mol. The molecule has 0 aromatic carbocycles. The number of methoxy groups -OCH3 is 1. The number of carbonyl (C=O) groups excluding carboxylic acids is 3. The number of hydrogen-bond donors (Lipinski definition) is 1. The summed E-state index contributed by atoms with van der Waals surface area (Å²) in [5.41, 5.74) is -1.92. The number of ketones is 1. The molecule has 2 saturated carbocycles. The zero-order chi connectivity index (χ0) is 25.6. The number of esters is 2. The summed E-state index contributed by atoms with van der Waals surface area (Å²) in [6.07, 6.45) is 1.91. The first kappa shape index (κ1) is 24.3. The Kier molecular flexibility index (Phi) is 5.22. The molecule has 4 aliphatic rings. The Morgan fingerprint density at radius 3 is 2.60 bits per heavy atom. The third-order valence-corrected chi connectivity index (χ3v) is 9.96. The molecular formula is C27H34O8. The first-order valence-electron chi connectivity index (χ1n) is 12.2. The summed E-state index contributed by atoms with van der Waals surface area (Å²) >= 11 is 0. The second-order valence-electron chi connectivity index (χ2n) is 11.7. The molecule has 8 atom stereocenters. The molecular weight excluding hydrogens is 452 g/mol. The molecule has 1 N–H and O–H groups in total. The fourth-order valence-corrected chi connectivity index (χ4v) is 8.08. The minimum atomic E-state index is -1.50. The second kappa shape index (κ2) is 7.53. The number of fused-ring (bicyclic) bond motifs is 3. The summed E-state index contributed by atoms with van der Waals surface area (Å²) < 4.78 is 23.0. The van der Waals surface area contributed by atoms with Gasteiger partial charge in [-0.3, -0.25) is 9.59 Å². The van der Waals surface area contributed by atoms with Crippen molar-refractivity contribution in [2.24, 2.45) is 28.1 Å². The number of carbonyl (C=O) groups is 3. The summed E-state index contributed by atoms with van der Waals surface area (Å²) in [5, 5.41) is 11.2. The molecule has 8 heteroatoms. The van der Waals surface area contributed by atoms with E-state index in [1.807, 2.05) is 6.92 Å². The van der Waals surface area contributed by atoms with Gasteiger partial charge in [-0.15, -0.1) is 0 Å². The number of rotatable bonds is 3. The maximum atomic E-state index is 13.4. The lowest BCUT2D eigenvalue weighted by molar-refractivity contribution is -0.303. The van der Waals surface area contributed by atoms with Crippen molar-refractivity contribution in [3.63, 3.8) is 0 Å². The molecule has 0 radical (unpaired) electrons. The Balaban J connectivity index is 1.65. The molecule has 2 aliphatic carbocycles. The van der Waals surface area contributed by atoms with E-state index < -0.39 is 58.0 Å². The van der Waals surface area contributed by atoms with Crippen LogP contribution in [0.15, 0.2) is 35.2 Å². The molecule has 2 saturated heterocycles.